The van der Waals surface area contributed by atoms with Gasteiger partial charge in [-0.15, -0.1) is 0 Å². The van der Waals surface area contributed by atoms with Crippen molar-refractivity contribution in [3.8, 4) is 5.75 Å². The molecule has 0 bridgehead atoms. The molecule has 2 aromatic carbocycles. The first-order valence-corrected chi connectivity index (χ1v) is 9.36. The van der Waals surface area contributed by atoms with Crippen LogP contribution in [0.4, 0.5) is 0 Å². The number of hydrogen-bond donors (Lipinski definition) is 2. The van der Waals surface area contributed by atoms with Gasteiger partial charge in [0.15, 0.2) is 0 Å². The molecule has 2 aliphatic rings. The molecule has 0 aromatic heterocycles. The lowest BCUT2D eigenvalue weighted by Gasteiger charge is -2.46. The van der Waals surface area contributed by atoms with Crippen molar-refractivity contribution in [2.75, 3.05) is 13.6 Å². The van der Waals surface area contributed by atoms with E-state index in [-0.39, 0.29) is 11.2 Å². The van der Waals surface area contributed by atoms with Gasteiger partial charge in [0.1, 0.15) is 5.75 Å². The lowest BCUT2D eigenvalue weighted by Crippen LogP contribution is -2.50. The molecule has 1 aliphatic carbocycles. The first-order chi connectivity index (χ1) is 12.4. The number of oxime groups is 1. The van der Waals surface area contributed by atoms with E-state index in [1.165, 1.54) is 22.9 Å². The smallest absolute Gasteiger partial charge is 0.134 e. The molecule has 1 aliphatic heterocycles. The van der Waals surface area contributed by atoms with E-state index in [1.54, 1.807) is 0 Å². The largest absolute Gasteiger partial charge is 0.506 e. The van der Waals surface area contributed by atoms with Gasteiger partial charge in [0, 0.05) is 18.0 Å². The maximum atomic E-state index is 10.3. The lowest BCUT2D eigenvalue weighted by molar-refractivity contribution is 0.167. The number of phenolic OH excluding ortho intramolecular Hbond substituents is 1. The van der Waals surface area contributed by atoms with Gasteiger partial charge >= 0.3 is 0 Å². The highest BCUT2D eigenvalue weighted by atomic mass is 35.5. The Morgan fingerprint density at radius 1 is 1.19 bits per heavy atom. The minimum Gasteiger partial charge on any atom is -0.506 e. The molecular formula is C21H23ClN2O2. The third-order valence-corrected chi connectivity index (χ3v) is 6.55. The van der Waals surface area contributed by atoms with Crippen LogP contribution in [0.15, 0.2) is 35.5 Å². The van der Waals surface area contributed by atoms with E-state index in [0.29, 0.717) is 11.1 Å². The van der Waals surface area contributed by atoms with Crippen LogP contribution in [-0.4, -0.2) is 41.1 Å². The monoisotopic (exact) mass is 370 g/mol. The molecule has 2 N–H and O–H groups in total. The van der Waals surface area contributed by atoms with Gasteiger partial charge in [-0.3, -0.25) is 0 Å². The van der Waals surface area contributed by atoms with Crippen LogP contribution in [-0.2, 0) is 18.3 Å². The zero-order valence-corrected chi connectivity index (χ0v) is 15.8. The molecule has 26 heavy (non-hydrogen) atoms. The normalized spacial score (nSPS) is 25.4. The maximum Gasteiger partial charge on any atom is 0.134 e. The summed E-state index contributed by atoms with van der Waals surface area (Å²) in [6.45, 7) is 3.23. The summed E-state index contributed by atoms with van der Waals surface area (Å²) in [5.74, 6) is 0.134. The molecule has 2 aromatic rings. The van der Waals surface area contributed by atoms with Gasteiger partial charge in [0.2, 0.25) is 0 Å². The van der Waals surface area contributed by atoms with Crippen LogP contribution < -0.4 is 0 Å². The van der Waals surface area contributed by atoms with Crippen LogP contribution in [0, 0.1) is 0 Å². The summed E-state index contributed by atoms with van der Waals surface area (Å²) in [6, 6.07) is 10.3. The van der Waals surface area contributed by atoms with E-state index in [9.17, 15) is 5.11 Å². The van der Waals surface area contributed by atoms with E-state index < -0.39 is 0 Å². The lowest BCUT2D eigenvalue weighted by atomic mass is 9.63. The third kappa shape index (κ3) is 2.51. The number of aryl methyl sites for hydroxylation is 1. The van der Waals surface area contributed by atoms with Crippen LogP contribution in [0.2, 0.25) is 5.02 Å². The second-order valence-electron chi connectivity index (χ2n) is 7.61. The molecule has 4 rings (SSSR count). The van der Waals surface area contributed by atoms with Crippen molar-refractivity contribution >= 4 is 17.8 Å². The molecule has 136 valence electrons. The van der Waals surface area contributed by atoms with Crippen molar-refractivity contribution in [2.24, 2.45) is 5.16 Å². The first kappa shape index (κ1) is 17.4. The maximum absolute atomic E-state index is 10.3. The highest BCUT2D eigenvalue weighted by molar-refractivity contribution is 6.32. The Kier molecular flexibility index (Phi) is 4.20. The SMILES string of the molecule is CN1CCc2cc(Cl)c(O)cc2[C@@]2(C)c3cc(/C=N/O)ccc3CC[C@H]12. The topological polar surface area (TPSA) is 56.1 Å². The van der Waals surface area contributed by atoms with Gasteiger partial charge in [0.25, 0.3) is 0 Å². The number of phenols is 1. The average Bonchev–Trinajstić information content (AvgIpc) is 2.72. The van der Waals surface area contributed by atoms with Crippen molar-refractivity contribution in [3.63, 3.8) is 0 Å². The van der Waals surface area contributed by atoms with Crippen LogP contribution in [0.3, 0.4) is 0 Å². The summed E-state index contributed by atoms with van der Waals surface area (Å²) in [4.78, 5) is 2.43. The molecule has 1 heterocycles. The van der Waals surface area contributed by atoms with Gasteiger partial charge in [-0.05, 0) is 79.3 Å². The Labute approximate surface area is 158 Å². The minimum atomic E-state index is -0.268. The summed E-state index contributed by atoms with van der Waals surface area (Å²) in [5.41, 5.74) is 5.50. The summed E-state index contributed by atoms with van der Waals surface area (Å²) in [5, 5.41) is 22.9. The molecule has 0 amide bonds. The van der Waals surface area contributed by atoms with Crippen molar-refractivity contribution in [3.05, 3.63) is 63.2 Å². The van der Waals surface area contributed by atoms with E-state index in [1.807, 2.05) is 18.2 Å². The molecule has 0 unspecified atom stereocenters. The number of halogens is 1. The summed E-state index contributed by atoms with van der Waals surface area (Å²) < 4.78 is 0. The zero-order valence-electron chi connectivity index (χ0n) is 15.0. The number of rotatable bonds is 1. The summed E-state index contributed by atoms with van der Waals surface area (Å²) in [7, 11) is 2.18. The Hall–Kier alpha value is -2.04. The van der Waals surface area contributed by atoms with Gasteiger partial charge < -0.3 is 15.2 Å². The van der Waals surface area contributed by atoms with Crippen LogP contribution >= 0.6 is 11.6 Å². The van der Waals surface area contributed by atoms with Crippen LogP contribution in [0.5, 0.6) is 5.75 Å². The number of aromatic hydroxyl groups is 1. The van der Waals surface area contributed by atoms with Gasteiger partial charge in [0.05, 0.1) is 11.2 Å². The Balaban J connectivity index is 2.01. The van der Waals surface area contributed by atoms with E-state index >= 15 is 0 Å². The van der Waals surface area contributed by atoms with Crippen molar-refractivity contribution < 1.29 is 10.3 Å². The van der Waals surface area contributed by atoms with E-state index in [2.05, 4.69) is 36.2 Å². The molecule has 0 saturated heterocycles. The summed E-state index contributed by atoms with van der Waals surface area (Å²) in [6.07, 6.45) is 4.46. The second kappa shape index (κ2) is 6.29. The molecule has 0 fully saturated rings. The number of hydrogen-bond acceptors (Lipinski definition) is 4. The van der Waals surface area contributed by atoms with Crippen molar-refractivity contribution in [2.45, 2.75) is 37.6 Å². The zero-order chi connectivity index (χ0) is 18.5. The molecule has 4 nitrogen and oxygen atoms in total. The highest BCUT2D eigenvalue weighted by Crippen LogP contribution is 2.49. The number of nitrogens with zero attached hydrogens (tertiary/aromatic N) is 2. The molecule has 5 heteroatoms. The molecule has 2 atom stereocenters. The number of likely N-dealkylation sites (N-methyl/N-ethyl adjacent to an activating group) is 1. The van der Waals surface area contributed by atoms with E-state index in [4.69, 9.17) is 16.8 Å². The Morgan fingerprint density at radius 2 is 1.96 bits per heavy atom. The second-order valence-corrected chi connectivity index (χ2v) is 8.02. The summed E-state index contributed by atoms with van der Waals surface area (Å²) >= 11 is 6.21. The molecular weight excluding hydrogens is 348 g/mol. The fraction of sp³-hybridized carbons (Fsp3) is 0.381. The number of fused-ring (bicyclic) bond motifs is 5. The molecule has 0 radical (unpaired) electrons. The quantitative estimate of drug-likeness (QED) is 0.454. The van der Waals surface area contributed by atoms with Gasteiger partial charge in [-0.25, -0.2) is 0 Å². The third-order valence-electron chi connectivity index (χ3n) is 6.25. The van der Waals surface area contributed by atoms with Gasteiger partial charge in [-0.2, -0.15) is 0 Å². The predicted molar refractivity (Wildman–Crippen MR) is 104 cm³/mol. The molecule has 0 spiro atoms. The van der Waals surface area contributed by atoms with Crippen LogP contribution in [0.1, 0.15) is 41.2 Å². The van der Waals surface area contributed by atoms with Gasteiger partial charge in [-0.1, -0.05) is 28.9 Å². The Morgan fingerprint density at radius 3 is 2.73 bits per heavy atom. The van der Waals surface area contributed by atoms with Crippen LogP contribution in [0.25, 0.3) is 0 Å². The van der Waals surface area contributed by atoms with Crippen molar-refractivity contribution in [1.29, 1.82) is 0 Å². The first-order valence-electron chi connectivity index (χ1n) is 8.98. The highest BCUT2D eigenvalue weighted by Gasteiger charge is 2.46. The fourth-order valence-corrected chi connectivity index (χ4v) is 5.12. The Bertz CT molecular complexity index is 896. The average molecular weight is 371 g/mol. The standard InChI is InChI=1S/C21H23ClN2O2/c1-21-16-9-13(12-23-26)3-4-14(16)5-6-20(21)24(2)8-7-15-10-18(22)19(25)11-17(15)21/h3-4,9-12,20,25-26H,5-8H2,1-2H3/b23-12+/t20-,21+/m0/s1. The minimum absolute atomic E-state index is 0.134. The number of benzene rings is 2. The van der Waals surface area contributed by atoms with E-state index in [0.717, 1.165) is 36.9 Å². The fourth-order valence-electron chi connectivity index (χ4n) is 4.93. The predicted octanol–water partition coefficient (Wildman–Crippen LogP) is 3.96. The van der Waals surface area contributed by atoms with Crippen molar-refractivity contribution in [1.82, 2.24) is 4.90 Å². The molecule has 0 saturated carbocycles.